The summed E-state index contributed by atoms with van der Waals surface area (Å²) >= 11 is 3.44. The van der Waals surface area contributed by atoms with Crippen molar-refractivity contribution in [3.05, 3.63) is 39.6 Å². The number of rotatable bonds is 2. The summed E-state index contributed by atoms with van der Waals surface area (Å²) in [4.78, 5) is 0.359. The van der Waals surface area contributed by atoms with Crippen molar-refractivity contribution in [2.75, 3.05) is 10.8 Å². The summed E-state index contributed by atoms with van der Waals surface area (Å²) < 4.78 is 28.4. The monoisotopic (exact) mass is 369 g/mol. The van der Waals surface area contributed by atoms with Gasteiger partial charge in [0.05, 0.1) is 22.5 Å². The molecule has 0 radical (unpaired) electrons. The fourth-order valence-electron chi connectivity index (χ4n) is 2.63. The summed E-state index contributed by atoms with van der Waals surface area (Å²) in [6, 6.07) is 3.57. The molecule has 7 heteroatoms. The Hall–Kier alpha value is -1.34. The van der Waals surface area contributed by atoms with E-state index in [2.05, 4.69) is 26.1 Å². The van der Waals surface area contributed by atoms with E-state index < -0.39 is 10.0 Å². The summed E-state index contributed by atoms with van der Waals surface area (Å²) in [6.07, 6.45) is 3.22. The van der Waals surface area contributed by atoms with E-state index in [1.165, 1.54) is 4.31 Å². The second kappa shape index (κ2) is 5.14. The Morgan fingerprint density at radius 1 is 1.29 bits per heavy atom. The van der Waals surface area contributed by atoms with Gasteiger partial charge in [-0.2, -0.15) is 5.10 Å². The van der Waals surface area contributed by atoms with Crippen LogP contribution in [-0.2, 0) is 16.4 Å². The third kappa shape index (κ3) is 2.38. The molecule has 1 aliphatic rings. The lowest BCUT2D eigenvalue weighted by Gasteiger charge is -2.28. The van der Waals surface area contributed by atoms with E-state index in [0.29, 0.717) is 17.1 Å². The number of aryl methyl sites for hydroxylation is 3. The van der Waals surface area contributed by atoms with Gasteiger partial charge in [0.2, 0.25) is 0 Å². The SMILES string of the molecule is Cc1cc(S(=O)(=O)N2CCCc3[nH]ncc32)c(C)cc1Br. The molecule has 0 unspecified atom stereocenters. The van der Waals surface area contributed by atoms with Crippen molar-refractivity contribution in [3.63, 3.8) is 0 Å². The van der Waals surface area contributed by atoms with Crippen LogP contribution >= 0.6 is 15.9 Å². The zero-order chi connectivity index (χ0) is 15.2. The Morgan fingerprint density at radius 2 is 2.05 bits per heavy atom. The number of hydrogen-bond donors (Lipinski definition) is 1. The van der Waals surface area contributed by atoms with Gasteiger partial charge in [0.1, 0.15) is 0 Å². The number of fused-ring (bicyclic) bond motifs is 1. The van der Waals surface area contributed by atoms with Gasteiger partial charge in [0.25, 0.3) is 10.0 Å². The number of hydrogen-bond acceptors (Lipinski definition) is 3. The molecule has 0 spiro atoms. The van der Waals surface area contributed by atoms with E-state index in [1.54, 1.807) is 12.3 Å². The number of benzene rings is 1. The molecule has 2 heterocycles. The van der Waals surface area contributed by atoms with Crippen molar-refractivity contribution in [1.29, 1.82) is 0 Å². The smallest absolute Gasteiger partial charge is 0.264 e. The van der Waals surface area contributed by atoms with Crippen LogP contribution in [0.3, 0.4) is 0 Å². The lowest BCUT2D eigenvalue weighted by molar-refractivity contribution is 0.585. The van der Waals surface area contributed by atoms with Crippen molar-refractivity contribution < 1.29 is 8.42 Å². The molecular weight excluding hydrogens is 354 g/mol. The molecule has 5 nitrogen and oxygen atoms in total. The van der Waals surface area contributed by atoms with Gasteiger partial charge in [-0.25, -0.2) is 8.42 Å². The summed E-state index contributed by atoms with van der Waals surface area (Å²) in [7, 11) is -3.56. The van der Waals surface area contributed by atoms with Gasteiger partial charge < -0.3 is 0 Å². The minimum atomic E-state index is -3.56. The Labute approximate surface area is 132 Å². The van der Waals surface area contributed by atoms with Crippen molar-refractivity contribution in [2.45, 2.75) is 31.6 Å². The van der Waals surface area contributed by atoms with Crippen LogP contribution in [0, 0.1) is 13.8 Å². The number of aromatic nitrogens is 2. The fraction of sp³-hybridized carbons (Fsp3) is 0.357. The molecule has 0 aliphatic carbocycles. The molecule has 0 atom stereocenters. The van der Waals surface area contributed by atoms with E-state index >= 15 is 0 Å². The van der Waals surface area contributed by atoms with Crippen LogP contribution in [0.25, 0.3) is 0 Å². The summed E-state index contributed by atoms with van der Waals surface area (Å²) in [5.74, 6) is 0. The molecule has 1 aromatic carbocycles. The molecule has 1 aromatic heterocycles. The van der Waals surface area contributed by atoms with Crippen LogP contribution < -0.4 is 4.31 Å². The lowest BCUT2D eigenvalue weighted by Crippen LogP contribution is -2.35. The van der Waals surface area contributed by atoms with Crippen molar-refractivity contribution in [2.24, 2.45) is 0 Å². The molecule has 1 N–H and O–H groups in total. The molecule has 3 rings (SSSR count). The number of anilines is 1. The molecule has 0 saturated carbocycles. The van der Waals surface area contributed by atoms with Crippen molar-refractivity contribution in [1.82, 2.24) is 10.2 Å². The van der Waals surface area contributed by atoms with Gasteiger partial charge in [0, 0.05) is 11.0 Å². The first-order chi connectivity index (χ1) is 9.91. The van der Waals surface area contributed by atoms with E-state index in [1.807, 2.05) is 19.9 Å². The highest BCUT2D eigenvalue weighted by Crippen LogP contribution is 2.33. The Morgan fingerprint density at radius 3 is 2.81 bits per heavy atom. The topological polar surface area (TPSA) is 66.1 Å². The molecule has 0 bridgehead atoms. The minimum absolute atomic E-state index is 0.359. The maximum atomic E-state index is 13.0. The molecule has 0 fully saturated rings. The van der Waals surface area contributed by atoms with Crippen LogP contribution in [-0.4, -0.2) is 25.2 Å². The average molecular weight is 370 g/mol. The zero-order valence-electron chi connectivity index (χ0n) is 11.9. The number of sulfonamides is 1. The maximum absolute atomic E-state index is 13.0. The maximum Gasteiger partial charge on any atom is 0.264 e. The fourth-order valence-corrected chi connectivity index (χ4v) is 4.90. The van der Waals surface area contributed by atoms with E-state index in [9.17, 15) is 8.42 Å². The number of H-pyrrole nitrogens is 1. The van der Waals surface area contributed by atoms with Crippen molar-refractivity contribution >= 4 is 31.6 Å². The molecule has 0 saturated heterocycles. The molecule has 0 amide bonds. The molecular formula is C14H16BrN3O2S. The van der Waals surface area contributed by atoms with Gasteiger partial charge in [-0.3, -0.25) is 9.40 Å². The van der Waals surface area contributed by atoms with E-state index in [0.717, 1.165) is 34.1 Å². The Bertz CT molecular complexity index is 799. The normalized spacial score (nSPS) is 15.1. The van der Waals surface area contributed by atoms with Gasteiger partial charge in [-0.1, -0.05) is 15.9 Å². The quantitative estimate of drug-likeness (QED) is 0.884. The first-order valence-corrected chi connectivity index (χ1v) is 8.96. The Balaban J connectivity index is 2.13. The minimum Gasteiger partial charge on any atom is -0.280 e. The summed E-state index contributed by atoms with van der Waals surface area (Å²) in [5, 5.41) is 6.86. The largest absolute Gasteiger partial charge is 0.280 e. The standard InChI is InChI=1S/C14H16BrN3O2S/c1-9-7-14(10(2)6-11(9)15)21(19,20)18-5-3-4-12-13(18)8-16-17-12/h6-8H,3-5H2,1-2H3,(H,16,17). The molecule has 2 aromatic rings. The van der Waals surface area contributed by atoms with Crippen LogP contribution in [0.1, 0.15) is 23.2 Å². The van der Waals surface area contributed by atoms with Gasteiger partial charge in [-0.05, 0) is 49.9 Å². The highest BCUT2D eigenvalue weighted by molar-refractivity contribution is 9.10. The molecule has 112 valence electrons. The van der Waals surface area contributed by atoms with Crippen LogP contribution in [0.5, 0.6) is 0 Å². The van der Waals surface area contributed by atoms with Crippen LogP contribution in [0.15, 0.2) is 27.7 Å². The number of nitrogens with one attached hydrogen (secondary N) is 1. The number of halogens is 1. The highest BCUT2D eigenvalue weighted by Gasteiger charge is 2.31. The molecule has 21 heavy (non-hydrogen) atoms. The third-order valence-electron chi connectivity index (χ3n) is 3.78. The summed E-state index contributed by atoms with van der Waals surface area (Å²) in [6.45, 7) is 4.20. The predicted molar refractivity (Wildman–Crippen MR) is 85.1 cm³/mol. The van der Waals surface area contributed by atoms with E-state index in [-0.39, 0.29) is 0 Å². The average Bonchev–Trinajstić information content (AvgIpc) is 2.90. The second-order valence-corrected chi connectivity index (χ2v) is 7.97. The lowest BCUT2D eigenvalue weighted by atomic mass is 10.1. The summed E-state index contributed by atoms with van der Waals surface area (Å²) in [5.41, 5.74) is 3.20. The second-order valence-electron chi connectivity index (χ2n) is 5.28. The van der Waals surface area contributed by atoms with Crippen molar-refractivity contribution in [3.8, 4) is 0 Å². The first-order valence-electron chi connectivity index (χ1n) is 6.73. The molecule has 1 aliphatic heterocycles. The number of nitrogens with zero attached hydrogens (tertiary/aromatic N) is 2. The number of aromatic amines is 1. The van der Waals surface area contributed by atoms with Crippen LogP contribution in [0.4, 0.5) is 5.69 Å². The first kappa shape index (κ1) is 14.6. The van der Waals surface area contributed by atoms with Crippen LogP contribution in [0.2, 0.25) is 0 Å². The Kier molecular flexibility index (Phi) is 3.57. The third-order valence-corrected chi connectivity index (χ3v) is 6.59. The van der Waals surface area contributed by atoms with Gasteiger partial charge in [-0.15, -0.1) is 0 Å². The van der Waals surface area contributed by atoms with Gasteiger partial charge >= 0.3 is 0 Å². The predicted octanol–water partition coefficient (Wildman–Crippen LogP) is 2.93. The zero-order valence-corrected chi connectivity index (χ0v) is 14.3. The highest BCUT2D eigenvalue weighted by atomic mass is 79.9. The van der Waals surface area contributed by atoms with E-state index in [4.69, 9.17) is 0 Å². The van der Waals surface area contributed by atoms with Gasteiger partial charge in [0.15, 0.2) is 0 Å².